The van der Waals surface area contributed by atoms with Gasteiger partial charge in [0.15, 0.2) is 0 Å². The minimum atomic E-state index is -0.987. The number of hydrogen-bond acceptors (Lipinski definition) is 15. The largest absolute Gasteiger partial charge is 0.496 e. The highest BCUT2D eigenvalue weighted by molar-refractivity contribution is 7.13. The summed E-state index contributed by atoms with van der Waals surface area (Å²) in [5.41, 5.74) is 6.20. The van der Waals surface area contributed by atoms with E-state index in [1.165, 1.54) is 9.47 Å². The molecule has 6 rings (SSSR count). The number of pyridine rings is 2. The molecule has 1 aliphatic heterocycles. The average Bonchev–Trinajstić information content (AvgIpc) is 3.97. The van der Waals surface area contributed by atoms with Crippen LogP contribution in [0.5, 0.6) is 11.5 Å². The zero-order chi connectivity index (χ0) is 51.2. The molecule has 4 heterocycles. The topological polar surface area (TPSA) is 225 Å². The number of fused-ring (bicyclic) bond motifs is 1. The summed E-state index contributed by atoms with van der Waals surface area (Å²) in [7, 11) is 6.67. The smallest absolute Gasteiger partial charge is 0.259 e. The maximum absolute atomic E-state index is 13.9. The highest BCUT2D eigenvalue weighted by Gasteiger charge is 2.44. The molecule has 0 spiro atoms. The lowest BCUT2D eigenvalue weighted by atomic mass is 9.85. The third kappa shape index (κ3) is 14.4. The van der Waals surface area contributed by atoms with Gasteiger partial charge in [-0.1, -0.05) is 45.0 Å². The van der Waals surface area contributed by atoms with Crippen molar-refractivity contribution < 1.29 is 48.0 Å². The van der Waals surface area contributed by atoms with Gasteiger partial charge in [-0.15, -0.1) is 11.3 Å². The van der Waals surface area contributed by atoms with Gasteiger partial charge in [-0.25, -0.2) is 4.98 Å². The first-order valence-electron chi connectivity index (χ1n) is 23.4. The van der Waals surface area contributed by atoms with E-state index < -0.39 is 35.4 Å². The fourth-order valence-electron chi connectivity index (χ4n) is 8.31. The highest BCUT2D eigenvalue weighted by Crippen LogP contribution is 2.38. The van der Waals surface area contributed by atoms with Gasteiger partial charge in [0.1, 0.15) is 30.2 Å². The van der Waals surface area contributed by atoms with Crippen molar-refractivity contribution in [2.24, 2.45) is 12.5 Å². The summed E-state index contributed by atoms with van der Waals surface area (Å²) in [6, 6.07) is 11.5. The molecule has 71 heavy (non-hydrogen) atoms. The Kier molecular flexibility index (Phi) is 19.2. The van der Waals surface area contributed by atoms with Gasteiger partial charge in [-0.05, 0) is 59.7 Å². The fraction of sp³-hybridized carbons (Fsp3) is 0.471. The average molecular weight is 999 g/mol. The van der Waals surface area contributed by atoms with Gasteiger partial charge in [-0.2, -0.15) is 0 Å². The van der Waals surface area contributed by atoms with Crippen LogP contribution in [0.4, 0.5) is 0 Å². The second-order valence-corrected chi connectivity index (χ2v) is 19.3. The molecular weight excluding hydrogens is 933 g/mol. The standard InChI is InChI=1S/C51H66N8O11S/c1-32-46(71-31-55-32)34-11-9-33(10-12-34)24-54-48(63)41-23-36(60)26-59(41)50(65)47(51(2,3)4)56-45(62)30-70-20-19-69-18-17-68-16-15-53-44(61)29-57(5)27-40-42(66-7)21-35(22-43(40)67-8)39-28-58(6)49(64)38-25-52-14-13-37(38)39/h9-14,21-22,25,28,31,36,41,47,60H,15-20,23-24,26-27,29-30H2,1-8H3,(H,53,61)(H,54,63)(H,56,62)/t36-,41?,47?/m0/s1. The number of likely N-dealkylation sites (N-methyl/N-ethyl adjacent to an activating group) is 1. The van der Waals surface area contributed by atoms with E-state index in [1.807, 2.05) is 82.1 Å². The van der Waals surface area contributed by atoms with Crippen LogP contribution in [0.15, 0.2) is 71.4 Å². The van der Waals surface area contributed by atoms with Crippen LogP contribution in [0.2, 0.25) is 0 Å². The van der Waals surface area contributed by atoms with Crippen LogP contribution in [-0.2, 0) is 53.5 Å². The van der Waals surface area contributed by atoms with Gasteiger partial charge < -0.3 is 54.2 Å². The fourth-order valence-corrected chi connectivity index (χ4v) is 9.13. The second-order valence-electron chi connectivity index (χ2n) is 18.5. The Labute approximate surface area is 417 Å². The molecule has 0 aliphatic carbocycles. The number of likely N-dealkylation sites (tertiary alicyclic amines) is 1. The van der Waals surface area contributed by atoms with Crippen molar-refractivity contribution in [2.75, 3.05) is 80.5 Å². The molecule has 0 saturated carbocycles. The summed E-state index contributed by atoms with van der Waals surface area (Å²) in [6.45, 7) is 9.19. The van der Waals surface area contributed by atoms with Crippen LogP contribution in [0.3, 0.4) is 0 Å². The van der Waals surface area contributed by atoms with Crippen molar-refractivity contribution >= 4 is 45.7 Å². The van der Waals surface area contributed by atoms with Crippen molar-refractivity contribution in [3.63, 3.8) is 0 Å². The predicted molar refractivity (Wildman–Crippen MR) is 269 cm³/mol. The number of ether oxygens (including phenoxy) is 5. The van der Waals surface area contributed by atoms with E-state index in [-0.39, 0.29) is 83.1 Å². The highest BCUT2D eigenvalue weighted by atomic mass is 32.1. The molecule has 382 valence electrons. The van der Waals surface area contributed by atoms with Crippen molar-refractivity contribution in [1.82, 2.24) is 40.3 Å². The Morgan fingerprint density at radius 1 is 0.915 bits per heavy atom. The van der Waals surface area contributed by atoms with E-state index in [0.717, 1.165) is 43.8 Å². The molecule has 3 aromatic heterocycles. The molecule has 20 heteroatoms. The number of hydrogen-bond donors (Lipinski definition) is 4. The van der Waals surface area contributed by atoms with Gasteiger partial charge >= 0.3 is 0 Å². The zero-order valence-electron chi connectivity index (χ0n) is 41.7. The van der Waals surface area contributed by atoms with Crippen LogP contribution in [-0.4, -0.2) is 152 Å². The number of nitrogens with zero attached hydrogens (tertiary/aromatic N) is 5. The summed E-state index contributed by atoms with van der Waals surface area (Å²) >= 11 is 1.56. The van der Waals surface area contributed by atoms with E-state index in [4.69, 9.17) is 23.7 Å². The lowest BCUT2D eigenvalue weighted by Gasteiger charge is -2.35. The van der Waals surface area contributed by atoms with E-state index in [1.54, 1.807) is 56.7 Å². The molecule has 3 atom stereocenters. The van der Waals surface area contributed by atoms with Crippen LogP contribution in [0, 0.1) is 12.3 Å². The first-order chi connectivity index (χ1) is 34.0. The Bertz CT molecular complexity index is 2660. The summed E-state index contributed by atoms with van der Waals surface area (Å²) in [4.78, 5) is 78.6. The lowest BCUT2D eigenvalue weighted by molar-refractivity contribution is -0.144. The van der Waals surface area contributed by atoms with Crippen LogP contribution < -0.4 is 31.0 Å². The molecule has 2 unspecified atom stereocenters. The van der Waals surface area contributed by atoms with E-state index in [9.17, 15) is 29.1 Å². The van der Waals surface area contributed by atoms with E-state index in [0.29, 0.717) is 30.0 Å². The number of carbonyl (C=O) groups excluding carboxylic acids is 4. The van der Waals surface area contributed by atoms with Crippen LogP contribution in [0.25, 0.3) is 32.3 Å². The van der Waals surface area contributed by atoms with E-state index >= 15 is 0 Å². The molecule has 0 radical (unpaired) electrons. The molecule has 19 nitrogen and oxygen atoms in total. The summed E-state index contributed by atoms with van der Waals surface area (Å²) in [5.74, 6) is -0.397. The van der Waals surface area contributed by atoms with Crippen molar-refractivity contribution in [3.8, 4) is 33.1 Å². The van der Waals surface area contributed by atoms with Crippen molar-refractivity contribution in [1.29, 1.82) is 0 Å². The number of aryl methyl sites for hydroxylation is 2. The molecule has 4 amide bonds. The number of rotatable bonds is 24. The molecule has 0 bridgehead atoms. The molecule has 5 aromatic rings. The summed E-state index contributed by atoms with van der Waals surface area (Å²) in [5, 5.41) is 20.4. The maximum atomic E-state index is 13.9. The number of carbonyl (C=O) groups is 4. The normalized spacial score (nSPS) is 15.2. The molecule has 2 aromatic carbocycles. The minimum absolute atomic E-state index is 0.0318. The predicted octanol–water partition coefficient (Wildman–Crippen LogP) is 3.46. The molecule has 1 aliphatic rings. The van der Waals surface area contributed by atoms with Gasteiger partial charge in [-0.3, -0.25) is 33.9 Å². The number of nitrogens with one attached hydrogen (secondary N) is 3. The number of benzene rings is 2. The number of methoxy groups -OCH3 is 2. The molecule has 4 N–H and O–H groups in total. The van der Waals surface area contributed by atoms with Gasteiger partial charge in [0.05, 0.1) is 86.9 Å². The molecule has 1 fully saturated rings. The number of aliphatic hydroxyl groups is 1. The number of β-amino-alcohol motifs (C(OH)–C–C–N with tert-alkyl or cyclic N) is 1. The number of aromatic nitrogens is 3. The molecule has 1 saturated heterocycles. The van der Waals surface area contributed by atoms with E-state index in [2.05, 4.69) is 25.9 Å². The Morgan fingerprint density at radius 2 is 1.59 bits per heavy atom. The van der Waals surface area contributed by atoms with Gasteiger partial charge in [0, 0.05) is 63.8 Å². The quantitative estimate of drug-likeness (QED) is 0.0651. The van der Waals surface area contributed by atoms with Gasteiger partial charge in [0.2, 0.25) is 23.6 Å². The summed E-state index contributed by atoms with van der Waals surface area (Å²) < 4.78 is 29.8. The van der Waals surface area contributed by atoms with Crippen LogP contribution >= 0.6 is 11.3 Å². The SMILES string of the molecule is COc1cc(-c2cn(C)c(=O)c3cnccc23)cc(OC)c1CN(C)CC(=O)NCCOCCOCCOCC(=O)NC(C(=O)N1C[C@@H](O)CC1C(=O)NCc1ccc(-c2scnc2C)cc1)C(C)(C)C. The lowest BCUT2D eigenvalue weighted by Crippen LogP contribution is -2.58. The zero-order valence-corrected chi connectivity index (χ0v) is 42.6. The maximum Gasteiger partial charge on any atom is 0.259 e. The Balaban J connectivity index is 0.852. The minimum Gasteiger partial charge on any atom is -0.496 e. The monoisotopic (exact) mass is 998 g/mol. The third-order valence-corrected chi connectivity index (χ3v) is 13.0. The van der Waals surface area contributed by atoms with Crippen molar-refractivity contribution in [2.45, 2.75) is 65.4 Å². The number of thiazole rings is 1. The summed E-state index contributed by atoms with van der Waals surface area (Å²) in [6.07, 6.45) is 4.19. The number of aliphatic hydroxyl groups excluding tert-OH is 1. The first-order valence-corrected chi connectivity index (χ1v) is 24.3. The molecular formula is C51H66N8O11S. The van der Waals surface area contributed by atoms with Crippen LogP contribution in [0.1, 0.15) is 44.0 Å². The third-order valence-electron chi connectivity index (χ3n) is 12.0. The Hall–Kier alpha value is -6.29. The Morgan fingerprint density at radius 3 is 2.24 bits per heavy atom. The first kappa shape index (κ1) is 54.1. The second kappa shape index (κ2) is 25.2. The van der Waals surface area contributed by atoms with Crippen molar-refractivity contribution in [3.05, 3.63) is 93.7 Å². The number of amides is 4. The van der Waals surface area contributed by atoms with Gasteiger partial charge in [0.25, 0.3) is 5.56 Å².